The van der Waals surface area contributed by atoms with Crippen molar-refractivity contribution in [2.75, 3.05) is 20.1 Å². The predicted molar refractivity (Wildman–Crippen MR) is 77.8 cm³/mol. The van der Waals surface area contributed by atoms with Crippen LogP contribution in [0, 0.1) is 5.82 Å². The standard InChI is InChI=1S/C16H21FN2O2/c1-18-12-3-4-13(18)10-19(7-6-12)9-11-2-5-15(17)14(8-11)16(20)21/h2,5,8,12-13H,3-4,6-7,9-10H2,1H3,(H,20,21). The van der Waals surface area contributed by atoms with Crippen LogP contribution in [-0.4, -0.2) is 53.1 Å². The molecule has 1 aromatic rings. The van der Waals surface area contributed by atoms with E-state index in [9.17, 15) is 9.18 Å². The highest BCUT2D eigenvalue weighted by molar-refractivity contribution is 5.88. The summed E-state index contributed by atoms with van der Waals surface area (Å²) < 4.78 is 13.4. The molecule has 3 rings (SSSR count). The number of fused-ring (bicyclic) bond motifs is 2. The third-order valence-electron chi connectivity index (χ3n) is 4.90. The van der Waals surface area contributed by atoms with Crippen molar-refractivity contribution in [3.8, 4) is 0 Å². The second-order valence-corrected chi connectivity index (χ2v) is 6.19. The monoisotopic (exact) mass is 292 g/mol. The lowest BCUT2D eigenvalue weighted by atomic mass is 10.1. The van der Waals surface area contributed by atoms with E-state index >= 15 is 0 Å². The molecular formula is C16H21FN2O2. The molecule has 114 valence electrons. The molecule has 2 bridgehead atoms. The van der Waals surface area contributed by atoms with Gasteiger partial charge in [-0.05, 0) is 44.0 Å². The van der Waals surface area contributed by atoms with Gasteiger partial charge < -0.3 is 5.11 Å². The van der Waals surface area contributed by atoms with Gasteiger partial charge in [-0.3, -0.25) is 9.80 Å². The normalized spacial score (nSPS) is 26.8. The van der Waals surface area contributed by atoms with E-state index in [4.69, 9.17) is 5.11 Å². The molecule has 1 aromatic carbocycles. The number of nitrogens with zero attached hydrogens (tertiary/aromatic N) is 2. The summed E-state index contributed by atoms with van der Waals surface area (Å²) >= 11 is 0. The maximum Gasteiger partial charge on any atom is 0.338 e. The molecule has 2 unspecified atom stereocenters. The van der Waals surface area contributed by atoms with Gasteiger partial charge in [-0.1, -0.05) is 6.07 Å². The van der Waals surface area contributed by atoms with Crippen molar-refractivity contribution in [1.29, 1.82) is 0 Å². The number of rotatable bonds is 3. The van der Waals surface area contributed by atoms with Crippen LogP contribution in [0.4, 0.5) is 4.39 Å². The van der Waals surface area contributed by atoms with E-state index in [0.29, 0.717) is 18.6 Å². The number of carboxylic acid groups (broad SMARTS) is 1. The lowest BCUT2D eigenvalue weighted by Crippen LogP contribution is -2.36. The smallest absolute Gasteiger partial charge is 0.338 e. The number of carbonyl (C=O) groups is 1. The third kappa shape index (κ3) is 2.94. The number of aromatic carboxylic acids is 1. The molecule has 0 saturated carbocycles. The summed E-state index contributed by atoms with van der Waals surface area (Å²) in [5.74, 6) is -1.87. The van der Waals surface area contributed by atoms with Gasteiger partial charge in [-0.25, -0.2) is 9.18 Å². The molecule has 2 fully saturated rings. The Bertz CT molecular complexity index is 549. The molecule has 2 atom stereocenters. The van der Waals surface area contributed by atoms with Gasteiger partial charge in [0.15, 0.2) is 0 Å². The summed E-state index contributed by atoms with van der Waals surface area (Å²) in [6.07, 6.45) is 3.68. The zero-order chi connectivity index (χ0) is 15.0. The Kier molecular flexibility index (Phi) is 3.95. The summed E-state index contributed by atoms with van der Waals surface area (Å²) in [5, 5.41) is 9.00. The first-order valence-electron chi connectivity index (χ1n) is 7.50. The van der Waals surface area contributed by atoms with Crippen molar-refractivity contribution in [3.05, 3.63) is 35.1 Å². The van der Waals surface area contributed by atoms with E-state index in [2.05, 4.69) is 16.8 Å². The molecular weight excluding hydrogens is 271 g/mol. The van der Waals surface area contributed by atoms with E-state index < -0.39 is 11.8 Å². The number of hydrogen-bond acceptors (Lipinski definition) is 3. The molecule has 5 heteroatoms. The van der Waals surface area contributed by atoms with Crippen molar-refractivity contribution in [3.63, 3.8) is 0 Å². The SMILES string of the molecule is CN1C2CCC1CN(Cc1ccc(F)c(C(=O)O)c1)CC2. The van der Waals surface area contributed by atoms with Crippen molar-refractivity contribution in [1.82, 2.24) is 9.80 Å². The van der Waals surface area contributed by atoms with Crippen LogP contribution >= 0.6 is 0 Å². The van der Waals surface area contributed by atoms with Gasteiger partial charge in [0.05, 0.1) is 5.56 Å². The average molecular weight is 292 g/mol. The summed E-state index contributed by atoms with van der Waals surface area (Å²) in [5.41, 5.74) is 0.634. The first-order chi connectivity index (χ1) is 10.0. The van der Waals surface area contributed by atoms with Crippen LogP contribution in [0.15, 0.2) is 18.2 Å². The number of benzene rings is 1. The third-order valence-corrected chi connectivity index (χ3v) is 4.90. The van der Waals surface area contributed by atoms with Crippen LogP contribution in [0.3, 0.4) is 0 Å². The Hall–Kier alpha value is -1.46. The fourth-order valence-electron chi connectivity index (χ4n) is 3.62. The quantitative estimate of drug-likeness (QED) is 0.927. The molecule has 2 heterocycles. The van der Waals surface area contributed by atoms with Gasteiger partial charge in [0, 0.05) is 31.7 Å². The second-order valence-electron chi connectivity index (χ2n) is 6.19. The van der Waals surface area contributed by atoms with Gasteiger partial charge in [0.2, 0.25) is 0 Å². The van der Waals surface area contributed by atoms with Crippen molar-refractivity contribution >= 4 is 5.97 Å². The molecule has 2 aliphatic rings. The van der Waals surface area contributed by atoms with Crippen molar-refractivity contribution in [2.24, 2.45) is 0 Å². The zero-order valence-corrected chi connectivity index (χ0v) is 12.3. The Morgan fingerprint density at radius 1 is 1.33 bits per heavy atom. The lowest BCUT2D eigenvalue weighted by molar-refractivity contribution is 0.0691. The Morgan fingerprint density at radius 3 is 2.86 bits per heavy atom. The predicted octanol–water partition coefficient (Wildman–Crippen LogP) is 2.19. The molecule has 21 heavy (non-hydrogen) atoms. The van der Waals surface area contributed by atoms with E-state index in [1.54, 1.807) is 6.07 Å². The minimum Gasteiger partial charge on any atom is -0.478 e. The van der Waals surface area contributed by atoms with Gasteiger partial charge >= 0.3 is 5.97 Å². The molecule has 0 radical (unpaired) electrons. The van der Waals surface area contributed by atoms with Gasteiger partial charge in [-0.2, -0.15) is 0 Å². The van der Waals surface area contributed by atoms with Gasteiger partial charge in [0.25, 0.3) is 0 Å². The highest BCUT2D eigenvalue weighted by atomic mass is 19.1. The number of likely N-dealkylation sites (tertiary alicyclic amines) is 1. The van der Waals surface area contributed by atoms with Crippen LogP contribution < -0.4 is 0 Å². The summed E-state index contributed by atoms with van der Waals surface area (Å²) in [4.78, 5) is 15.8. The highest BCUT2D eigenvalue weighted by Gasteiger charge is 2.34. The van der Waals surface area contributed by atoms with Crippen molar-refractivity contribution < 1.29 is 14.3 Å². The van der Waals surface area contributed by atoms with Crippen LogP contribution in [0.25, 0.3) is 0 Å². The molecule has 2 saturated heterocycles. The van der Waals surface area contributed by atoms with Crippen molar-refractivity contribution in [2.45, 2.75) is 37.9 Å². The van der Waals surface area contributed by atoms with Gasteiger partial charge in [0.1, 0.15) is 5.82 Å². The number of hydrogen-bond donors (Lipinski definition) is 1. The first-order valence-corrected chi connectivity index (χ1v) is 7.50. The maximum absolute atomic E-state index is 13.4. The second kappa shape index (κ2) is 5.73. The van der Waals surface area contributed by atoms with Crippen LogP contribution in [0.2, 0.25) is 0 Å². The maximum atomic E-state index is 13.4. The minimum absolute atomic E-state index is 0.235. The number of likely N-dealkylation sites (N-methyl/N-ethyl adjacent to an activating group) is 1. The summed E-state index contributed by atoms with van der Waals surface area (Å²) in [6, 6.07) is 5.69. The molecule has 0 aliphatic carbocycles. The van der Waals surface area contributed by atoms with E-state index in [-0.39, 0.29) is 5.56 Å². The van der Waals surface area contributed by atoms with Gasteiger partial charge in [-0.15, -0.1) is 0 Å². The molecule has 0 aromatic heterocycles. The Morgan fingerprint density at radius 2 is 2.10 bits per heavy atom. The van der Waals surface area contributed by atoms with Crippen LogP contribution in [0.5, 0.6) is 0 Å². The zero-order valence-electron chi connectivity index (χ0n) is 12.3. The van der Waals surface area contributed by atoms with E-state index in [1.165, 1.54) is 25.0 Å². The highest BCUT2D eigenvalue weighted by Crippen LogP contribution is 2.29. The minimum atomic E-state index is -1.20. The summed E-state index contributed by atoms with van der Waals surface area (Å²) in [6.45, 7) is 2.72. The topological polar surface area (TPSA) is 43.8 Å². The lowest BCUT2D eigenvalue weighted by Gasteiger charge is -2.25. The molecule has 0 amide bonds. The number of halogens is 1. The fourth-order valence-corrected chi connectivity index (χ4v) is 3.62. The largest absolute Gasteiger partial charge is 0.478 e. The Labute approximate surface area is 124 Å². The first kappa shape index (κ1) is 14.5. The fraction of sp³-hybridized carbons (Fsp3) is 0.562. The van der Waals surface area contributed by atoms with E-state index in [1.807, 2.05) is 0 Å². The molecule has 0 spiro atoms. The molecule has 1 N–H and O–H groups in total. The average Bonchev–Trinajstić information content (AvgIpc) is 2.69. The summed E-state index contributed by atoms with van der Waals surface area (Å²) in [7, 11) is 2.20. The van der Waals surface area contributed by atoms with Crippen LogP contribution in [-0.2, 0) is 6.54 Å². The van der Waals surface area contributed by atoms with Crippen LogP contribution in [0.1, 0.15) is 35.2 Å². The van der Waals surface area contributed by atoms with E-state index in [0.717, 1.165) is 25.1 Å². The molecule has 2 aliphatic heterocycles. The molecule has 4 nitrogen and oxygen atoms in total. The Balaban J connectivity index is 1.72. The number of carboxylic acids is 1.